The fourth-order valence-electron chi connectivity index (χ4n) is 5.58. The van der Waals surface area contributed by atoms with Gasteiger partial charge in [-0.3, -0.25) is 4.90 Å². The van der Waals surface area contributed by atoms with Gasteiger partial charge in [-0.25, -0.2) is 4.98 Å². The minimum Gasteiger partial charge on any atom is -0.474 e. The van der Waals surface area contributed by atoms with Gasteiger partial charge in [-0.1, -0.05) is 12.1 Å². The second kappa shape index (κ2) is 12.7. The van der Waals surface area contributed by atoms with Gasteiger partial charge >= 0.3 is 12.4 Å². The molecule has 0 spiro atoms. The molecule has 3 aromatic rings. The third-order valence-electron chi connectivity index (χ3n) is 7.92. The van der Waals surface area contributed by atoms with Crippen LogP contribution in [0.25, 0.3) is 0 Å². The number of anilines is 2. The number of piperazine rings is 1. The topological polar surface area (TPSA) is 64.4 Å². The zero-order valence-corrected chi connectivity index (χ0v) is 23.3. The monoisotopic (exact) mass is 603 g/mol. The Kier molecular flexibility index (Phi) is 9.01. The van der Waals surface area contributed by atoms with E-state index >= 15 is 0 Å². The van der Waals surface area contributed by atoms with E-state index in [-0.39, 0.29) is 12.1 Å². The van der Waals surface area contributed by atoms with E-state index < -0.39 is 29.0 Å². The minimum atomic E-state index is -4.60. The number of ether oxygens (including phenoxy) is 1. The molecule has 0 bridgehead atoms. The first kappa shape index (κ1) is 30.5. The Hall–Kier alpha value is -3.98. The summed E-state index contributed by atoms with van der Waals surface area (Å²) in [6, 6.07) is 14.4. The number of nitrogens with one attached hydrogen (secondary N) is 1. The average molecular weight is 604 g/mol. The van der Waals surface area contributed by atoms with Crippen LogP contribution in [0.4, 0.5) is 37.7 Å². The number of nitrogens with zero attached hydrogens (tertiary/aromatic N) is 4. The summed E-state index contributed by atoms with van der Waals surface area (Å²) >= 11 is 0. The molecule has 1 aliphatic heterocycles. The molecule has 1 aliphatic carbocycles. The van der Waals surface area contributed by atoms with Gasteiger partial charge in [-0.2, -0.15) is 31.6 Å². The van der Waals surface area contributed by atoms with E-state index in [4.69, 9.17) is 10.00 Å². The molecule has 228 valence electrons. The summed E-state index contributed by atoms with van der Waals surface area (Å²) in [5, 5.41) is 12.2. The van der Waals surface area contributed by atoms with Gasteiger partial charge in [0.25, 0.3) is 0 Å². The van der Waals surface area contributed by atoms with Crippen LogP contribution in [0.15, 0.2) is 60.8 Å². The highest BCUT2D eigenvalue weighted by atomic mass is 19.4. The van der Waals surface area contributed by atoms with Crippen LogP contribution in [0, 0.1) is 11.3 Å². The molecule has 5 rings (SSSR count). The standard InChI is InChI=1S/C31H31F6N5O/c32-30(33,34)23-4-1-21(2-5-23)20-41-13-15-42(16-14-41)26-11-12-39-29(18-26)43-27-9-7-24(8-10-27)40-25-6-3-22(19-38)28(17-25)31(35,36)37/h1-6,11-12,17-18,24,27,40H,7-10,13-16,20H2. The Balaban J connectivity index is 1.09. The lowest BCUT2D eigenvalue weighted by Crippen LogP contribution is -2.46. The lowest BCUT2D eigenvalue weighted by Gasteiger charge is -2.36. The Morgan fingerprint density at radius 1 is 0.860 bits per heavy atom. The van der Waals surface area contributed by atoms with Gasteiger partial charge in [0.05, 0.1) is 22.8 Å². The van der Waals surface area contributed by atoms with Gasteiger partial charge in [-0.15, -0.1) is 0 Å². The molecular formula is C31H31F6N5O. The Morgan fingerprint density at radius 2 is 1.56 bits per heavy atom. The average Bonchev–Trinajstić information content (AvgIpc) is 2.98. The van der Waals surface area contributed by atoms with Gasteiger partial charge in [0.15, 0.2) is 0 Å². The van der Waals surface area contributed by atoms with Crippen molar-refractivity contribution in [3.63, 3.8) is 0 Å². The van der Waals surface area contributed by atoms with E-state index in [1.807, 2.05) is 12.1 Å². The molecule has 1 saturated heterocycles. The first-order valence-electron chi connectivity index (χ1n) is 14.1. The summed E-state index contributed by atoms with van der Waals surface area (Å²) in [5.41, 5.74) is 0.176. The Bertz CT molecular complexity index is 1420. The number of rotatable bonds is 7. The number of benzene rings is 2. The van der Waals surface area contributed by atoms with Crippen molar-refractivity contribution in [2.45, 2.75) is 56.7 Å². The highest BCUT2D eigenvalue weighted by Crippen LogP contribution is 2.35. The van der Waals surface area contributed by atoms with E-state index in [2.05, 4.69) is 20.1 Å². The summed E-state index contributed by atoms with van der Waals surface area (Å²) in [6.45, 7) is 3.63. The number of nitriles is 1. The molecule has 1 aromatic heterocycles. The highest BCUT2D eigenvalue weighted by Gasteiger charge is 2.34. The first-order valence-corrected chi connectivity index (χ1v) is 14.1. The summed E-state index contributed by atoms with van der Waals surface area (Å²) in [7, 11) is 0. The van der Waals surface area contributed by atoms with Crippen LogP contribution >= 0.6 is 0 Å². The summed E-state index contributed by atoms with van der Waals surface area (Å²) in [4.78, 5) is 8.81. The largest absolute Gasteiger partial charge is 0.474 e. The summed E-state index contributed by atoms with van der Waals surface area (Å²) in [5.74, 6) is 0.517. The van der Waals surface area contributed by atoms with Crippen LogP contribution in [0.1, 0.15) is 47.9 Å². The predicted octanol–water partition coefficient (Wildman–Crippen LogP) is 7.12. The Morgan fingerprint density at radius 3 is 2.19 bits per heavy atom. The van der Waals surface area contributed by atoms with Crippen LogP contribution in [0.3, 0.4) is 0 Å². The van der Waals surface area contributed by atoms with E-state index in [9.17, 15) is 26.3 Å². The van der Waals surface area contributed by atoms with Gasteiger partial charge in [0.1, 0.15) is 6.10 Å². The van der Waals surface area contributed by atoms with Crippen LogP contribution in [0.2, 0.25) is 0 Å². The van der Waals surface area contributed by atoms with Crippen LogP contribution < -0.4 is 15.0 Å². The van der Waals surface area contributed by atoms with Gasteiger partial charge in [0.2, 0.25) is 5.88 Å². The Labute approximate surface area is 245 Å². The normalized spacial score (nSPS) is 20.0. The van der Waals surface area contributed by atoms with Gasteiger partial charge < -0.3 is 15.0 Å². The van der Waals surface area contributed by atoms with Crippen molar-refractivity contribution in [2.75, 3.05) is 36.4 Å². The number of aromatic nitrogens is 1. The van der Waals surface area contributed by atoms with Gasteiger partial charge in [0, 0.05) is 62.4 Å². The SMILES string of the molecule is N#Cc1ccc(NC2CCC(Oc3cc(N4CCN(Cc5ccc(C(F)(F)F)cc5)CC4)ccn3)CC2)cc1C(F)(F)F. The molecule has 0 unspecified atom stereocenters. The van der Waals surface area contributed by atoms with Crippen molar-refractivity contribution in [1.29, 1.82) is 5.26 Å². The molecule has 2 heterocycles. The van der Waals surface area contributed by atoms with E-state index in [0.29, 0.717) is 43.8 Å². The molecule has 2 aromatic carbocycles. The molecule has 0 amide bonds. The predicted molar refractivity (Wildman–Crippen MR) is 150 cm³/mol. The lowest BCUT2D eigenvalue weighted by molar-refractivity contribution is -0.138. The smallest absolute Gasteiger partial charge is 0.417 e. The van der Waals surface area contributed by atoms with Crippen LogP contribution in [-0.2, 0) is 18.9 Å². The molecule has 1 saturated carbocycles. The molecule has 0 radical (unpaired) electrons. The minimum absolute atomic E-state index is 0.00738. The molecule has 12 heteroatoms. The molecule has 6 nitrogen and oxygen atoms in total. The maximum Gasteiger partial charge on any atom is 0.417 e. The third kappa shape index (κ3) is 7.90. The third-order valence-corrected chi connectivity index (χ3v) is 7.92. The summed E-state index contributed by atoms with van der Waals surface area (Å²) < 4.78 is 84.6. The lowest BCUT2D eigenvalue weighted by atomic mass is 9.92. The van der Waals surface area contributed by atoms with Crippen molar-refractivity contribution < 1.29 is 31.1 Å². The van der Waals surface area contributed by atoms with E-state index in [1.54, 1.807) is 12.3 Å². The van der Waals surface area contributed by atoms with Crippen molar-refractivity contribution in [3.05, 3.63) is 83.0 Å². The maximum absolute atomic E-state index is 13.3. The summed E-state index contributed by atoms with van der Waals surface area (Å²) in [6.07, 6.45) is -4.43. The van der Waals surface area contributed by atoms with Crippen LogP contribution in [0.5, 0.6) is 5.88 Å². The maximum atomic E-state index is 13.3. The number of hydrogen-bond donors (Lipinski definition) is 1. The first-order chi connectivity index (χ1) is 20.5. The van der Waals surface area contributed by atoms with Crippen molar-refractivity contribution in [3.8, 4) is 11.9 Å². The fraction of sp³-hybridized carbons (Fsp3) is 0.419. The zero-order valence-electron chi connectivity index (χ0n) is 23.3. The highest BCUT2D eigenvalue weighted by molar-refractivity contribution is 5.53. The van der Waals surface area contributed by atoms with Crippen molar-refractivity contribution in [2.24, 2.45) is 0 Å². The molecule has 43 heavy (non-hydrogen) atoms. The zero-order chi connectivity index (χ0) is 30.6. The van der Waals surface area contributed by atoms with E-state index in [0.717, 1.165) is 55.6 Å². The fourth-order valence-corrected chi connectivity index (χ4v) is 5.58. The number of hydrogen-bond acceptors (Lipinski definition) is 6. The quantitative estimate of drug-likeness (QED) is 0.291. The van der Waals surface area contributed by atoms with Crippen molar-refractivity contribution >= 4 is 11.4 Å². The van der Waals surface area contributed by atoms with Crippen molar-refractivity contribution in [1.82, 2.24) is 9.88 Å². The number of pyridine rings is 1. The van der Waals surface area contributed by atoms with Crippen LogP contribution in [-0.4, -0.2) is 48.2 Å². The molecule has 2 fully saturated rings. The van der Waals surface area contributed by atoms with Gasteiger partial charge in [-0.05, 0) is 67.6 Å². The molecular weight excluding hydrogens is 572 g/mol. The number of alkyl halides is 6. The second-order valence-electron chi connectivity index (χ2n) is 10.9. The second-order valence-corrected chi connectivity index (χ2v) is 10.9. The molecule has 2 aliphatic rings. The molecule has 0 atom stereocenters. The number of halogens is 6. The molecule has 1 N–H and O–H groups in total. The van der Waals surface area contributed by atoms with E-state index in [1.165, 1.54) is 24.3 Å².